The Kier molecular flexibility index (Phi) is 2.25. The fourth-order valence-corrected chi connectivity index (χ4v) is 1.97. The fourth-order valence-electron chi connectivity index (χ4n) is 1.97. The summed E-state index contributed by atoms with van der Waals surface area (Å²) in [5.74, 6) is 0.152. The molecule has 0 radical (unpaired) electrons. The summed E-state index contributed by atoms with van der Waals surface area (Å²) in [6, 6.07) is 7.61. The van der Waals surface area contributed by atoms with E-state index in [0.29, 0.717) is 11.5 Å². The van der Waals surface area contributed by atoms with E-state index in [1.54, 1.807) is 6.07 Å². The van der Waals surface area contributed by atoms with Crippen molar-refractivity contribution in [2.45, 2.75) is 5.92 Å². The van der Waals surface area contributed by atoms with Crippen LogP contribution >= 0.6 is 0 Å². The van der Waals surface area contributed by atoms with Crippen molar-refractivity contribution in [3.63, 3.8) is 0 Å². The van der Waals surface area contributed by atoms with Gasteiger partial charge in [0.1, 0.15) is 0 Å². The van der Waals surface area contributed by atoms with Gasteiger partial charge in [-0.05, 0) is 18.7 Å². The van der Waals surface area contributed by atoms with Crippen LogP contribution < -0.4 is 5.73 Å². The lowest BCUT2D eigenvalue weighted by molar-refractivity contribution is 0.0996. The SMILES string of the molecule is CN1CC(c2ccccc2C(N)=O)C1. The highest BCUT2D eigenvalue weighted by Crippen LogP contribution is 2.27. The molecule has 0 bridgehead atoms. The Bertz CT molecular complexity index is 356. The molecule has 2 rings (SSSR count). The Hall–Kier alpha value is -1.35. The van der Waals surface area contributed by atoms with Gasteiger partial charge in [-0.1, -0.05) is 18.2 Å². The molecule has 14 heavy (non-hydrogen) atoms. The topological polar surface area (TPSA) is 46.3 Å². The zero-order chi connectivity index (χ0) is 10.1. The smallest absolute Gasteiger partial charge is 0.248 e. The molecule has 0 spiro atoms. The van der Waals surface area contributed by atoms with E-state index < -0.39 is 0 Å². The molecule has 0 aliphatic carbocycles. The fraction of sp³-hybridized carbons (Fsp3) is 0.364. The van der Waals surface area contributed by atoms with Gasteiger partial charge in [0.2, 0.25) is 5.91 Å². The summed E-state index contributed by atoms with van der Waals surface area (Å²) in [6.45, 7) is 2.04. The maximum atomic E-state index is 11.2. The van der Waals surface area contributed by atoms with E-state index in [4.69, 9.17) is 5.73 Å². The minimum absolute atomic E-state index is 0.324. The zero-order valence-electron chi connectivity index (χ0n) is 8.23. The highest BCUT2D eigenvalue weighted by Gasteiger charge is 2.27. The number of rotatable bonds is 2. The summed E-state index contributed by atoms with van der Waals surface area (Å²) in [7, 11) is 2.07. The summed E-state index contributed by atoms with van der Waals surface area (Å²) in [5.41, 5.74) is 7.08. The maximum Gasteiger partial charge on any atom is 0.248 e. The molecule has 1 saturated heterocycles. The molecule has 3 nitrogen and oxygen atoms in total. The first kappa shape index (κ1) is 9.21. The molecule has 1 aromatic rings. The number of hydrogen-bond acceptors (Lipinski definition) is 2. The van der Waals surface area contributed by atoms with Gasteiger partial charge in [0.15, 0.2) is 0 Å². The van der Waals surface area contributed by atoms with E-state index in [1.807, 2.05) is 18.2 Å². The molecule has 1 amide bonds. The monoisotopic (exact) mass is 190 g/mol. The second-order valence-corrected chi connectivity index (χ2v) is 3.87. The molecule has 1 aliphatic heterocycles. The van der Waals surface area contributed by atoms with Crippen LogP contribution in [0.3, 0.4) is 0 Å². The molecule has 1 aliphatic rings. The summed E-state index contributed by atoms with van der Waals surface area (Å²) in [4.78, 5) is 13.4. The van der Waals surface area contributed by atoms with Crippen molar-refractivity contribution in [1.29, 1.82) is 0 Å². The minimum atomic E-state index is -0.324. The standard InChI is InChI=1S/C11H14N2O/c1-13-6-8(7-13)9-4-2-3-5-10(9)11(12)14/h2-5,8H,6-7H2,1H3,(H2,12,14). The predicted molar refractivity (Wildman–Crippen MR) is 55.2 cm³/mol. The van der Waals surface area contributed by atoms with Gasteiger partial charge in [0.05, 0.1) is 0 Å². The van der Waals surface area contributed by atoms with Gasteiger partial charge in [-0.25, -0.2) is 0 Å². The third-order valence-electron chi connectivity index (χ3n) is 2.73. The van der Waals surface area contributed by atoms with Crippen LogP contribution in [-0.4, -0.2) is 30.9 Å². The minimum Gasteiger partial charge on any atom is -0.366 e. The first-order valence-corrected chi connectivity index (χ1v) is 4.75. The molecular weight excluding hydrogens is 176 g/mol. The van der Waals surface area contributed by atoms with Crippen molar-refractivity contribution in [3.8, 4) is 0 Å². The van der Waals surface area contributed by atoms with Crippen molar-refractivity contribution in [3.05, 3.63) is 35.4 Å². The molecule has 1 aromatic carbocycles. The van der Waals surface area contributed by atoms with Crippen molar-refractivity contribution < 1.29 is 4.79 Å². The third-order valence-corrected chi connectivity index (χ3v) is 2.73. The molecule has 3 heteroatoms. The first-order chi connectivity index (χ1) is 6.68. The zero-order valence-corrected chi connectivity index (χ0v) is 8.23. The molecule has 0 saturated carbocycles. The number of benzene rings is 1. The third kappa shape index (κ3) is 1.51. The van der Waals surface area contributed by atoms with Crippen LogP contribution in [0.15, 0.2) is 24.3 Å². The Morgan fingerprint density at radius 3 is 2.64 bits per heavy atom. The number of amides is 1. The van der Waals surface area contributed by atoms with Gasteiger partial charge in [-0.2, -0.15) is 0 Å². The number of carbonyl (C=O) groups excluding carboxylic acids is 1. The van der Waals surface area contributed by atoms with Crippen LogP contribution in [0.2, 0.25) is 0 Å². The van der Waals surface area contributed by atoms with E-state index in [2.05, 4.69) is 11.9 Å². The predicted octanol–water partition coefficient (Wildman–Crippen LogP) is 0.815. The molecule has 0 unspecified atom stereocenters. The van der Waals surface area contributed by atoms with Gasteiger partial charge in [-0.15, -0.1) is 0 Å². The maximum absolute atomic E-state index is 11.2. The summed E-state index contributed by atoms with van der Waals surface area (Å²) < 4.78 is 0. The largest absolute Gasteiger partial charge is 0.366 e. The average molecular weight is 190 g/mol. The average Bonchev–Trinajstić information content (AvgIpc) is 2.13. The van der Waals surface area contributed by atoms with Gasteiger partial charge in [-0.3, -0.25) is 4.79 Å². The Balaban J connectivity index is 2.28. The summed E-state index contributed by atoms with van der Waals surface area (Å²) in [6.07, 6.45) is 0. The Morgan fingerprint density at radius 2 is 2.07 bits per heavy atom. The van der Waals surface area contributed by atoms with Crippen LogP contribution in [0, 0.1) is 0 Å². The lowest BCUT2D eigenvalue weighted by Crippen LogP contribution is -2.42. The number of nitrogens with zero attached hydrogens (tertiary/aromatic N) is 1. The Morgan fingerprint density at radius 1 is 1.43 bits per heavy atom. The molecule has 0 atom stereocenters. The second kappa shape index (κ2) is 3.42. The Labute approximate surface area is 83.5 Å². The molecule has 2 N–H and O–H groups in total. The van der Waals surface area contributed by atoms with E-state index in [9.17, 15) is 4.79 Å². The lowest BCUT2D eigenvalue weighted by atomic mass is 9.88. The first-order valence-electron chi connectivity index (χ1n) is 4.75. The normalized spacial score (nSPS) is 17.8. The van der Waals surface area contributed by atoms with E-state index in [-0.39, 0.29) is 5.91 Å². The highest BCUT2D eigenvalue weighted by molar-refractivity contribution is 5.94. The van der Waals surface area contributed by atoms with Crippen LogP contribution in [0.4, 0.5) is 0 Å². The van der Waals surface area contributed by atoms with Gasteiger partial charge in [0, 0.05) is 24.6 Å². The molecular formula is C11H14N2O. The van der Waals surface area contributed by atoms with Gasteiger partial charge >= 0.3 is 0 Å². The number of likely N-dealkylation sites (tertiary alicyclic amines) is 1. The van der Waals surface area contributed by atoms with Crippen LogP contribution in [0.5, 0.6) is 0 Å². The van der Waals surface area contributed by atoms with E-state index >= 15 is 0 Å². The highest BCUT2D eigenvalue weighted by atomic mass is 16.1. The van der Waals surface area contributed by atoms with Gasteiger partial charge in [0.25, 0.3) is 0 Å². The van der Waals surface area contributed by atoms with Crippen molar-refractivity contribution in [2.75, 3.05) is 20.1 Å². The second-order valence-electron chi connectivity index (χ2n) is 3.87. The van der Waals surface area contributed by atoms with Crippen LogP contribution in [0.1, 0.15) is 21.8 Å². The number of carbonyl (C=O) groups is 1. The van der Waals surface area contributed by atoms with Crippen LogP contribution in [-0.2, 0) is 0 Å². The molecule has 1 fully saturated rings. The summed E-state index contributed by atoms with van der Waals surface area (Å²) >= 11 is 0. The van der Waals surface area contributed by atoms with E-state index in [1.165, 1.54) is 0 Å². The number of likely N-dealkylation sites (N-methyl/N-ethyl adjacent to an activating group) is 1. The van der Waals surface area contributed by atoms with Crippen molar-refractivity contribution in [2.24, 2.45) is 5.73 Å². The quantitative estimate of drug-likeness (QED) is 0.750. The summed E-state index contributed by atoms with van der Waals surface area (Å²) in [5, 5.41) is 0. The number of primary amides is 1. The van der Waals surface area contributed by atoms with Gasteiger partial charge < -0.3 is 10.6 Å². The molecule has 1 heterocycles. The van der Waals surface area contributed by atoms with E-state index in [0.717, 1.165) is 18.7 Å². The lowest BCUT2D eigenvalue weighted by Gasteiger charge is -2.37. The van der Waals surface area contributed by atoms with Crippen LogP contribution in [0.25, 0.3) is 0 Å². The number of hydrogen-bond donors (Lipinski definition) is 1. The number of nitrogens with two attached hydrogens (primary N) is 1. The molecule has 0 aromatic heterocycles. The van der Waals surface area contributed by atoms with Crippen molar-refractivity contribution in [1.82, 2.24) is 4.90 Å². The molecule has 74 valence electrons. The van der Waals surface area contributed by atoms with Crippen molar-refractivity contribution >= 4 is 5.91 Å².